The van der Waals surface area contributed by atoms with Crippen molar-refractivity contribution in [2.75, 3.05) is 21.3 Å². The Labute approximate surface area is 94.2 Å². The van der Waals surface area contributed by atoms with Gasteiger partial charge >= 0.3 is 0 Å². The smallest absolute Gasteiger partial charge is 0.0793 e. The molecule has 0 N–H and O–H groups in total. The molecule has 0 bridgehead atoms. The maximum Gasteiger partial charge on any atom is 0.0793 e. The van der Waals surface area contributed by atoms with Crippen LogP contribution in [0.1, 0.15) is 32.4 Å². The largest absolute Gasteiger partial charge is 0.388 e. The van der Waals surface area contributed by atoms with Crippen LogP contribution in [0.25, 0.3) is 0 Å². The molecule has 0 saturated carbocycles. The van der Waals surface area contributed by atoms with Crippen molar-refractivity contribution in [1.82, 2.24) is 0 Å². The number of ether oxygens (including phenoxy) is 2. The SMILES string of the molecule is CC.COC.COC(C)c1ccccc1. The van der Waals surface area contributed by atoms with Crippen LogP contribution in [0.2, 0.25) is 0 Å². The highest BCUT2D eigenvalue weighted by molar-refractivity contribution is 5.16. The van der Waals surface area contributed by atoms with Gasteiger partial charge < -0.3 is 9.47 Å². The van der Waals surface area contributed by atoms with Crippen LogP contribution in [0.5, 0.6) is 0 Å². The van der Waals surface area contributed by atoms with Crippen molar-refractivity contribution in [3.8, 4) is 0 Å². The fourth-order valence-corrected chi connectivity index (χ4v) is 0.860. The van der Waals surface area contributed by atoms with Gasteiger partial charge in [-0.05, 0) is 12.5 Å². The second kappa shape index (κ2) is 13.1. The standard InChI is InChI=1S/C9H12O.C2H6O.C2H6/c1-8(10-2)9-6-4-3-5-7-9;1-3-2;1-2/h3-8H,1-2H3;1-2H3;1-2H3. The normalized spacial score (nSPS) is 10.3. The van der Waals surface area contributed by atoms with Crippen molar-refractivity contribution < 1.29 is 9.47 Å². The zero-order valence-corrected chi connectivity index (χ0v) is 10.8. The van der Waals surface area contributed by atoms with E-state index in [4.69, 9.17) is 4.74 Å². The van der Waals surface area contributed by atoms with E-state index < -0.39 is 0 Å². The lowest BCUT2D eigenvalue weighted by Gasteiger charge is -2.07. The molecule has 1 atom stereocenters. The van der Waals surface area contributed by atoms with Gasteiger partial charge in [-0.3, -0.25) is 0 Å². The van der Waals surface area contributed by atoms with E-state index in [1.807, 2.05) is 39.0 Å². The molecule has 0 aliphatic rings. The molecule has 0 aliphatic carbocycles. The van der Waals surface area contributed by atoms with Crippen LogP contribution in [0.4, 0.5) is 0 Å². The van der Waals surface area contributed by atoms with Crippen LogP contribution in [-0.2, 0) is 9.47 Å². The van der Waals surface area contributed by atoms with Crippen LogP contribution in [-0.4, -0.2) is 21.3 Å². The summed E-state index contributed by atoms with van der Waals surface area (Å²) in [5.41, 5.74) is 1.23. The van der Waals surface area contributed by atoms with Gasteiger partial charge in [0.15, 0.2) is 0 Å². The summed E-state index contributed by atoms with van der Waals surface area (Å²) in [6, 6.07) is 10.2. The Morgan fingerprint density at radius 1 is 0.933 bits per heavy atom. The van der Waals surface area contributed by atoms with Gasteiger partial charge in [-0.25, -0.2) is 0 Å². The van der Waals surface area contributed by atoms with Gasteiger partial charge in [0.2, 0.25) is 0 Å². The van der Waals surface area contributed by atoms with E-state index in [9.17, 15) is 0 Å². The third-order valence-corrected chi connectivity index (χ3v) is 1.62. The van der Waals surface area contributed by atoms with Crippen LogP contribution >= 0.6 is 0 Å². The topological polar surface area (TPSA) is 18.5 Å². The zero-order chi connectivity index (χ0) is 12.1. The summed E-state index contributed by atoms with van der Waals surface area (Å²) in [6.07, 6.45) is 0.209. The number of hydrogen-bond donors (Lipinski definition) is 0. The fourth-order valence-electron chi connectivity index (χ4n) is 0.860. The Balaban J connectivity index is 0. The lowest BCUT2D eigenvalue weighted by Crippen LogP contribution is -1.93. The number of hydrogen-bond acceptors (Lipinski definition) is 2. The first-order valence-corrected chi connectivity index (χ1v) is 5.24. The van der Waals surface area contributed by atoms with E-state index in [0.29, 0.717) is 0 Å². The maximum atomic E-state index is 5.14. The minimum absolute atomic E-state index is 0.209. The summed E-state index contributed by atoms with van der Waals surface area (Å²) < 4.78 is 9.39. The van der Waals surface area contributed by atoms with Crippen molar-refractivity contribution in [3.05, 3.63) is 35.9 Å². The molecular weight excluding hydrogens is 188 g/mol. The second-order valence-corrected chi connectivity index (χ2v) is 2.70. The minimum atomic E-state index is 0.209. The molecule has 0 heterocycles. The average Bonchev–Trinajstić information content (AvgIpc) is 2.33. The van der Waals surface area contributed by atoms with E-state index in [1.54, 1.807) is 21.3 Å². The van der Waals surface area contributed by atoms with Crippen molar-refractivity contribution in [2.45, 2.75) is 26.9 Å². The van der Waals surface area contributed by atoms with Gasteiger partial charge in [0, 0.05) is 21.3 Å². The van der Waals surface area contributed by atoms with Gasteiger partial charge in [-0.1, -0.05) is 44.2 Å². The molecule has 1 rings (SSSR count). The Bertz CT molecular complexity index is 197. The lowest BCUT2D eigenvalue weighted by molar-refractivity contribution is 0.119. The third kappa shape index (κ3) is 9.44. The van der Waals surface area contributed by atoms with Crippen molar-refractivity contribution in [2.24, 2.45) is 0 Å². The van der Waals surface area contributed by atoms with Gasteiger partial charge in [-0.15, -0.1) is 0 Å². The number of benzene rings is 1. The molecule has 0 fully saturated rings. The first-order valence-electron chi connectivity index (χ1n) is 5.24. The second-order valence-electron chi connectivity index (χ2n) is 2.70. The predicted octanol–water partition coefficient (Wildman–Crippen LogP) is 3.68. The summed E-state index contributed by atoms with van der Waals surface area (Å²) in [5, 5.41) is 0. The van der Waals surface area contributed by atoms with Gasteiger partial charge in [0.1, 0.15) is 0 Å². The summed E-state index contributed by atoms with van der Waals surface area (Å²) in [7, 11) is 4.97. The van der Waals surface area contributed by atoms with Crippen molar-refractivity contribution >= 4 is 0 Å². The Morgan fingerprint density at radius 2 is 1.33 bits per heavy atom. The van der Waals surface area contributed by atoms with Crippen LogP contribution < -0.4 is 0 Å². The molecule has 0 aliphatic heterocycles. The van der Waals surface area contributed by atoms with E-state index >= 15 is 0 Å². The third-order valence-electron chi connectivity index (χ3n) is 1.62. The average molecular weight is 212 g/mol. The number of rotatable bonds is 2. The van der Waals surface area contributed by atoms with Crippen molar-refractivity contribution in [1.29, 1.82) is 0 Å². The first-order chi connectivity index (χ1) is 7.26. The van der Waals surface area contributed by atoms with Crippen LogP contribution in [0, 0.1) is 0 Å². The molecule has 1 aromatic carbocycles. The summed E-state index contributed by atoms with van der Waals surface area (Å²) in [4.78, 5) is 0. The quantitative estimate of drug-likeness (QED) is 0.744. The predicted molar refractivity (Wildman–Crippen MR) is 66.1 cm³/mol. The molecule has 0 saturated heterocycles. The summed E-state index contributed by atoms with van der Waals surface area (Å²) >= 11 is 0. The minimum Gasteiger partial charge on any atom is -0.388 e. The molecule has 88 valence electrons. The lowest BCUT2D eigenvalue weighted by atomic mass is 10.1. The highest BCUT2D eigenvalue weighted by atomic mass is 16.5. The molecule has 2 nitrogen and oxygen atoms in total. The highest BCUT2D eigenvalue weighted by Crippen LogP contribution is 2.13. The Kier molecular flexibility index (Phi) is 14.5. The van der Waals surface area contributed by atoms with E-state index in [0.717, 1.165) is 0 Å². The van der Waals surface area contributed by atoms with Crippen LogP contribution in [0.3, 0.4) is 0 Å². The summed E-state index contributed by atoms with van der Waals surface area (Å²) in [5.74, 6) is 0. The molecule has 15 heavy (non-hydrogen) atoms. The highest BCUT2D eigenvalue weighted by Gasteiger charge is 1.99. The Morgan fingerprint density at radius 3 is 1.67 bits per heavy atom. The van der Waals surface area contributed by atoms with Crippen LogP contribution in [0.15, 0.2) is 30.3 Å². The van der Waals surface area contributed by atoms with Gasteiger partial charge in [-0.2, -0.15) is 0 Å². The monoisotopic (exact) mass is 212 g/mol. The molecular formula is C13H24O2. The van der Waals surface area contributed by atoms with E-state index in [1.165, 1.54) is 5.56 Å². The van der Waals surface area contributed by atoms with Gasteiger partial charge in [0.05, 0.1) is 6.10 Å². The maximum absolute atomic E-state index is 5.14. The fraction of sp³-hybridized carbons (Fsp3) is 0.538. The number of methoxy groups -OCH3 is 2. The zero-order valence-electron chi connectivity index (χ0n) is 10.8. The Hall–Kier alpha value is -0.860. The molecule has 0 radical (unpaired) electrons. The molecule has 0 aromatic heterocycles. The molecule has 1 unspecified atom stereocenters. The van der Waals surface area contributed by atoms with Crippen molar-refractivity contribution in [3.63, 3.8) is 0 Å². The van der Waals surface area contributed by atoms with Gasteiger partial charge in [0.25, 0.3) is 0 Å². The molecule has 1 aromatic rings. The van der Waals surface area contributed by atoms with E-state index in [-0.39, 0.29) is 6.10 Å². The van der Waals surface area contributed by atoms with E-state index in [2.05, 4.69) is 16.9 Å². The summed E-state index contributed by atoms with van der Waals surface area (Å²) in [6.45, 7) is 6.04. The molecule has 0 amide bonds. The first kappa shape index (κ1) is 16.6. The molecule has 0 spiro atoms. The molecule has 2 heteroatoms.